The van der Waals surface area contributed by atoms with Gasteiger partial charge in [0.2, 0.25) is 0 Å². The van der Waals surface area contributed by atoms with Crippen LogP contribution in [0, 0.1) is 5.82 Å². The largest absolute Gasteiger partial charge is 0.273 e. The van der Waals surface area contributed by atoms with Gasteiger partial charge in [0.1, 0.15) is 5.82 Å². The van der Waals surface area contributed by atoms with Crippen molar-refractivity contribution in [2.24, 2.45) is 5.84 Å². The van der Waals surface area contributed by atoms with E-state index in [-0.39, 0.29) is 5.82 Å². The lowest BCUT2D eigenvalue weighted by Gasteiger charge is -2.14. The first-order chi connectivity index (χ1) is 8.26. The fraction of sp³-hybridized carbons (Fsp3) is 0.273. The van der Waals surface area contributed by atoms with E-state index in [0.29, 0.717) is 5.56 Å². The Kier molecular flexibility index (Phi) is 3.46. The van der Waals surface area contributed by atoms with E-state index < -0.39 is 6.04 Å². The summed E-state index contributed by atoms with van der Waals surface area (Å²) in [6.07, 6.45) is 6.22. The van der Waals surface area contributed by atoms with Crippen LogP contribution < -0.4 is 11.3 Å². The molecule has 0 radical (unpaired) electrons. The summed E-state index contributed by atoms with van der Waals surface area (Å²) in [6, 6.07) is 1.18. The molecule has 0 spiro atoms. The molecule has 0 fully saturated rings. The van der Waals surface area contributed by atoms with Crippen LogP contribution in [-0.2, 0) is 6.54 Å². The maximum atomic E-state index is 13.6. The predicted molar refractivity (Wildman–Crippen MR) is 61.3 cm³/mol. The van der Waals surface area contributed by atoms with E-state index in [0.717, 1.165) is 12.1 Å². The number of halogens is 1. The van der Waals surface area contributed by atoms with Gasteiger partial charge in [-0.25, -0.2) is 9.82 Å². The lowest BCUT2D eigenvalue weighted by molar-refractivity contribution is 0.555. The Balaban J connectivity index is 2.36. The SMILES string of the molecule is CCn1cc(C(NN)c2ccncc2F)cn1. The topological polar surface area (TPSA) is 68.8 Å². The second-order valence-electron chi connectivity index (χ2n) is 3.63. The van der Waals surface area contributed by atoms with Crippen LogP contribution in [0.4, 0.5) is 4.39 Å². The maximum absolute atomic E-state index is 13.6. The van der Waals surface area contributed by atoms with Gasteiger partial charge in [-0.05, 0) is 13.0 Å². The van der Waals surface area contributed by atoms with Crippen LogP contribution in [0.1, 0.15) is 24.1 Å². The summed E-state index contributed by atoms with van der Waals surface area (Å²) in [5.41, 5.74) is 3.87. The van der Waals surface area contributed by atoms with E-state index in [1.165, 1.54) is 12.4 Å². The Labute approximate surface area is 98.4 Å². The number of aromatic nitrogens is 3. The van der Waals surface area contributed by atoms with Crippen LogP contribution >= 0.6 is 0 Å². The van der Waals surface area contributed by atoms with Crippen LogP contribution in [0.5, 0.6) is 0 Å². The zero-order valence-corrected chi connectivity index (χ0v) is 9.47. The van der Waals surface area contributed by atoms with E-state index in [1.807, 2.05) is 13.1 Å². The molecule has 1 atom stereocenters. The van der Waals surface area contributed by atoms with E-state index in [9.17, 15) is 4.39 Å². The molecule has 2 aromatic rings. The van der Waals surface area contributed by atoms with Crippen LogP contribution in [-0.4, -0.2) is 14.8 Å². The number of rotatable bonds is 4. The third kappa shape index (κ3) is 2.32. The van der Waals surface area contributed by atoms with Gasteiger partial charge in [-0.2, -0.15) is 5.10 Å². The summed E-state index contributed by atoms with van der Waals surface area (Å²) < 4.78 is 15.4. The molecule has 1 unspecified atom stereocenters. The van der Waals surface area contributed by atoms with Crippen molar-refractivity contribution < 1.29 is 4.39 Å². The molecular formula is C11H14FN5. The summed E-state index contributed by atoms with van der Waals surface area (Å²) in [4.78, 5) is 3.71. The number of pyridine rings is 1. The molecule has 3 N–H and O–H groups in total. The van der Waals surface area contributed by atoms with Crippen molar-refractivity contribution >= 4 is 0 Å². The normalized spacial score (nSPS) is 12.6. The van der Waals surface area contributed by atoms with E-state index >= 15 is 0 Å². The fourth-order valence-corrected chi connectivity index (χ4v) is 1.69. The van der Waals surface area contributed by atoms with Gasteiger partial charge >= 0.3 is 0 Å². The number of nitrogens with zero attached hydrogens (tertiary/aromatic N) is 3. The van der Waals surface area contributed by atoms with Crippen molar-refractivity contribution in [3.63, 3.8) is 0 Å². The molecule has 0 aromatic carbocycles. The molecule has 2 rings (SSSR count). The second-order valence-corrected chi connectivity index (χ2v) is 3.63. The molecule has 5 nitrogen and oxygen atoms in total. The number of aryl methyl sites for hydroxylation is 1. The first-order valence-corrected chi connectivity index (χ1v) is 5.34. The molecular weight excluding hydrogens is 221 g/mol. The Hall–Kier alpha value is -1.79. The molecule has 0 aliphatic carbocycles. The number of hydrazine groups is 1. The van der Waals surface area contributed by atoms with Crippen molar-refractivity contribution in [3.8, 4) is 0 Å². The van der Waals surface area contributed by atoms with Gasteiger partial charge in [0.25, 0.3) is 0 Å². The quantitative estimate of drug-likeness (QED) is 0.612. The first-order valence-electron chi connectivity index (χ1n) is 5.34. The third-order valence-corrected chi connectivity index (χ3v) is 2.59. The Morgan fingerprint density at radius 2 is 2.35 bits per heavy atom. The van der Waals surface area contributed by atoms with Gasteiger partial charge in [-0.15, -0.1) is 0 Å². The number of hydrogen-bond donors (Lipinski definition) is 2. The summed E-state index contributed by atoms with van der Waals surface area (Å²) in [7, 11) is 0. The third-order valence-electron chi connectivity index (χ3n) is 2.59. The predicted octanol–water partition coefficient (Wildman–Crippen LogP) is 0.990. The first kappa shape index (κ1) is 11.7. The summed E-state index contributed by atoms with van der Waals surface area (Å²) in [6.45, 7) is 2.74. The fourth-order valence-electron chi connectivity index (χ4n) is 1.69. The molecule has 2 heterocycles. The average Bonchev–Trinajstić information content (AvgIpc) is 2.81. The molecule has 2 aromatic heterocycles. The molecule has 17 heavy (non-hydrogen) atoms. The highest BCUT2D eigenvalue weighted by molar-refractivity contribution is 5.28. The molecule has 6 heteroatoms. The minimum atomic E-state index is -0.418. The number of nitrogens with two attached hydrogens (primary N) is 1. The van der Waals surface area contributed by atoms with Crippen LogP contribution in [0.3, 0.4) is 0 Å². The zero-order chi connectivity index (χ0) is 12.3. The van der Waals surface area contributed by atoms with Gasteiger partial charge in [-0.3, -0.25) is 15.5 Å². The van der Waals surface area contributed by atoms with Gasteiger partial charge in [0.05, 0.1) is 18.4 Å². The van der Waals surface area contributed by atoms with Crippen molar-refractivity contribution in [1.82, 2.24) is 20.2 Å². The molecule has 0 saturated heterocycles. The molecule has 0 bridgehead atoms. The average molecular weight is 235 g/mol. The van der Waals surface area contributed by atoms with Crippen molar-refractivity contribution in [3.05, 3.63) is 47.8 Å². The maximum Gasteiger partial charge on any atom is 0.146 e. The van der Waals surface area contributed by atoms with E-state index in [2.05, 4.69) is 15.5 Å². The minimum absolute atomic E-state index is 0.389. The van der Waals surface area contributed by atoms with Gasteiger partial charge in [0.15, 0.2) is 0 Å². The zero-order valence-electron chi connectivity index (χ0n) is 9.47. The monoisotopic (exact) mass is 235 g/mol. The highest BCUT2D eigenvalue weighted by Crippen LogP contribution is 2.22. The van der Waals surface area contributed by atoms with Crippen LogP contribution in [0.25, 0.3) is 0 Å². The lowest BCUT2D eigenvalue weighted by Crippen LogP contribution is -2.29. The van der Waals surface area contributed by atoms with Gasteiger partial charge in [-0.1, -0.05) is 0 Å². The number of nitrogens with one attached hydrogen (secondary N) is 1. The Bertz CT molecular complexity index is 496. The highest BCUT2D eigenvalue weighted by atomic mass is 19.1. The van der Waals surface area contributed by atoms with Crippen molar-refractivity contribution in [2.45, 2.75) is 19.5 Å². The van der Waals surface area contributed by atoms with Crippen LogP contribution in [0.15, 0.2) is 30.9 Å². The van der Waals surface area contributed by atoms with Crippen molar-refractivity contribution in [2.75, 3.05) is 0 Å². The molecule has 0 aliphatic rings. The van der Waals surface area contributed by atoms with Gasteiger partial charge in [0, 0.05) is 30.1 Å². The van der Waals surface area contributed by atoms with Crippen molar-refractivity contribution in [1.29, 1.82) is 0 Å². The minimum Gasteiger partial charge on any atom is -0.273 e. The molecule has 0 saturated carbocycles. The van der Waals surface area contributed by atoms with Crippen LogP contribution in [0.2, 0.25) is 0 Å². The van der Waals surface area contributed by atoms with E-state index in [1.54, 1.807) is 16.9 Å². The van der Waals surface area contributed by atoms with E-state index in [4.69, 9.17) is 5.84 Å². The lowest BCUT2D eigenvalue weighted by atomic mass is 10.0. The summed E-state index contributed by atoms with van der Waals surface area (Å²) >= 11 is 0. The smallest absolute Gasteiger partial charge is 0.146 e. The Morgan fingerprint density at radius 3 is 2.94 bits per heavy atom. The number of hydrogen-bond acceptors (Lipinski definition) is 4. The summed E-state index contributed by atoms with van der Waals surface area (Å²) in [5, 5.41) is 4.14. The Morgan fingerprint density at radius 1 is 1.53 bits per heavy atom. The molecule has 0 aliphatic heterocycles. The molecule has 0 amide bonds. The second kappa shape index (κ2) is 5.03. The highest BCUT2D eigenvalue weighted by Gasteiger charge is 2.17. The molecule has 90 valence electrons. The standard InChI is InChI=1S/C11H14FN5/c1-2-17-7-8(5-15-17)11(16-13)9-3-4-14-6-10(9)12/h3-7,11,16H,2,13H2,1H3. The van der Waals surface area contributed by atoms with Gasteiger partial charge < -0.3 is 0 Å². The summed E-state index contributed by atoms with van der Waals surface area (Å²) in [5.74, 6) is 5.09.